The Morgan fingerprint density at radius 1 is 0.559 bits per heavy atom. The van der Waals surface area contributed by atoms with E-state index in [-0.39, 0.29) is 16.7 Å². The van der Waals surface area contributed by atoms with Crippen molar-refractivity contribution >= 4 is 0 Å². The molecule has 0 saturated heterocycles. The first-order valence-electron chi connectivity index (χ1n) is 11.5. The first kappa shape index (κ1) is 25.1. The van der Waals surface area contributed by atoms with Gasteiger partial charge in [-0.3, -0.25) is 0 Å². The van der Waals surface area contributed by atoms with Gasteiger partial charge in [-0.15, -0.1) is 0 Å². The van der Waals surface area contributed by atoms with Crippen molar-refractivity contribution in [1.29, 1.82) is 0 Å². The normalized spacial score (nSPS) is 10.3. The maximum Gasteiger partial charge on any atom is 0.142 e. The molecule has 3 aromatic rings. The number of benzene rings is 3. The molecule has 34 heavy (non-hydrogen) atoms. The van der Waals surface area contributed by atoms with Crippen LogP contribution < -0.4 is 0 Å². The molecular formula is C30H26F4. The highest BCUT2D eigenvalue weighted by molar-refractivity contribution is 5.49. The first-order chi connectivity index (χ1) is 16.4. The summed E-state index contributed by atoms with van der Waals surface area (Å²) in [7, 11) is 0. The number of hydrogen-bond acceptors (Lipinski definition) is 0. The van der Waals surface area contributed by atoms with Crippen LogP contribution in [0.2, 0.25) is 0 Å². The average Bonchev–Trinajstić information content (AvgIpc) is 2.80. The Labute approximate surface area is 199 Å². The minimum atomic E-state index is -0.672. The van der Waals surface area contributed by atoms with Crippen LogP contribution in [0.1, 0.15) is 72.9 Å². The summed E-state index contributed by atoms with van der Waals surface area (Å²) in [5.74, 6) is 8.48. The third-order valence-corrected chi connectivity index (χ3v) is 5.38. The number of hydrogen-bond donors (Lipinski definition) is 0. The number of aryl methyl sites for hydroxylation is 1. The second-order valence-electron chi connectivity index (χ2n) is 8.14. The van der Waals surface area contributed by atoms with Crippen LogP contribution in [0.3, 0.4) is 0 Å². The molecule has 0 aliphatic carbocycles. The van der Waals surface area contributed by atoms with E-state index in [0.717, 1.165) is 25.7 Å². The zero-order chi connectivity index (χ0) is 24.5. The standard InChI is InChI=1S/C30H26F4/c1-3-5-6-8-25-27(31)19-24(20-28(25)32)14-13-21-9-11-22(12-10-21)15-16-26-29(33)17-23(7-4-2)18-30(26)34/h9-12,17-20H,3-8H2,1-2H3. The lowest BCUT2D eigenvalue weighted by atomic mass is 10.0. The fourth-order valence-electron chi connectivity index (χ4n) is 3.56. The van der Waals surface area contributed by atoms with Crippen molar-refractivity contribution in [3.05, 3.63) is 105 Å². The monoisotopic (exact) mass is 462 g/mol. The molecular weight excluding hydrogens is 436 g/mol. The Morgan fingerprint density at radius 2 is 1.09 bits per heavy atom. The van der Waals surface area contributed by atoms with Crippen molar-refractivity contribution < 1.29 is 17.6 Å². The lowest BCUT2D eigenvalue weighted by Gasteiger charge is -2.05. The van der Waals surface area contributed by atoms with Crippen molar-refractivity contribution in [2.45, 2.75) is 52.4 Å². The minimum Gasteiger partial charge on any atom is -0.207 e. The van der Waals surface area contributed by atoms with Gasteiger partial charge in [0.2, 0.25) is 0 Å². The van der Waals surface area contributed by atoms with Gasteiger partial charge < -0.3 is 0 Å². The summed E-state index contributed by atoms with van der Waals surface area (Å²) in [6.07, 6.45) is 4.43. The molecule has 0 saturated carbocycles. The van der Waals surface area contributed by atoms with Crippen LogP contribution in [-0.4, -0.2) is 0 Å². The molecule has 0 aliphatic rings. The van der Waals surface area contributed by atoms with Crippen molar-refractivity contribution in [3.8, 4) is 23.7 Å². The summed E-state index contributed by atoms with van der Waals surface area (Å²) < 4.78 is 57.0. The Hall–Kier alpha value is -3.50. The van der Waals surface area contributed by atoms with Gasteiger partial charge in [-0.2, -0.15) is 0 Å². The molecule has 0 fully saturated rings. The summed E-state index contributed by atoms with van der Waals surface area (Å²) in [6, 6.07) is 11.9. The number of halogens is 4. The van der Waals surface area contributed by atoms with Crippen LogP contribution >= 0.6 is 0 Å². The molecule has 0 unspecified atom stereocenters. The van der Waals surface area contributed by atoms with E-state index in [1.807, 2.05) is 13.8 Å². The van der Waals surface area contributed by atoms with Crippen LogP contribution in [0, 0.1) is 47.0 Å². The van der Waals surface area contributed by atoms with E-state index >= 15 is 0 Å². The number of rotatable bonds is 6. The summed E-state index contributed by atoms with van der Waals surface area (Å²) >= 11 is 0. The molecule has 3 rings (SSSR count). The molecule has 0 atom stereocenters. The lowest BCUT2D eigenvalue weighted by molar-refractivity contribution is 0.545. The molecule has 0 bridgehead atoms. The van der Waals surface area contributed by atoms with Crippen molar-refractivity contribution in [1.82, 2.24) is 0 Å². The summed E-state index contributed by atoms with van der Waals surface area (Å²) in [5, 5.41) is 0. The van der Waals surface area contributed by atoms with E-state index in [0.29, 0.717) is 29.5 Å². The third-order valence-electron chi connectivity index (χ3n) is 5.38. The van der Waals surface area contributed by atoms with Gasteiger partial charge in [-0.25, -0.2) is 17.6 Å². The van der Waals surface area contributed by atoms with E-state index in [2.05, 4.69) is 23.7 Å². The van der Waals surface area contributed by atoms with Crippen molar-refractivity contribution in [2.24, 2.45) is 0 Å². The fourth-order valence-corrected chi connectivity index (χ4v) is 3.56. The molecule has 0 amide bonds. The topological polar surface area (TPSA) is 0 Å². The van der Waals surface area contributed by atoms with Crippen LogP contribution in [0.5, 0.6) is 0 Å². The summed E-state index contributed by atoms with van der Waals surface area (Å²) in [4.78, 5) is 0. The zero-order valence-electron chi connectivity index (χ0n) is 19.4. The van der Waals surface area contributed by atoms with E-state index in [1.54, 1.807) is 24.3 Å². The lowest BCUT2D eigenvalue weighted by Crippen LogP contribution is -1.97. The Morgan fingerprint density at radius 3 is 1.62 bits per heavy atom. The first-order valence-corrected chi connectivity index (χ1v) is 11.5. The Bertz CT molecular complexity index is 1220. The molecule has 0 N–H and O–H groups in total. The van der Waals surface area contributed by atoms with Gasteiger partial charge in [-0.05, 0) is 73.4 Å². The van der Waals surface area contributed by atoms with Crippen molar-refractivity contribution in [2.75, 3.05) is 0 Å². The molecule has 0 aromatic heterocycles. The smallest absolute Gasteiger partial charge is 0.142 e. The van der Waals surface area contributed by atoms with Crippen molar-refractivity contribution in [3.63, 3.8) is 0 Å². The van der Waals surface area contributed by atoms with Crippen LogP contribution in [0.25, 0.3) is 0 Å². The Balaban J connectivity index is 1.73. The quantitative estimate of drug-likeness (QED) is 0.200. The zero-order valence-corrected chi connectivity index (χ0v) is 19.4. The van der Waals surface area contributed by atoms with Gasteiger partial charge in [0.15, 0.2) is 0 Å². The van der Waals surface area contributed by atoms with E-state index in [9.17, 15) is 17.6 Å². The second kappa shape index (κ2) is 12.1. The van der Waals surface area contributed by atoms with E-state index < -0.39 is 23.3 Å². The van der Waals surface area contributed by atoms with Gasteiger partial charge in [0, 0.05) is 22.3 Å². The summed E-state index contributed by atoms with van der Waals surface area (Å²) in [6.45, 7) is 3.98. The predicted octanol–water partition coefficient (Wildman–Crippen LogP) is 7.73. The molecule has 0 nitrogen and oxygen atoms in total. The summed E-state index contributed by atoms with van der Waals surface area (Å²) in [5.41, 5.74) is 1.91. The van der Waals surface area contributed by atoms with Gasteiger partial charge >= 0.3 is 0 Å². The molecule has 0 aliphatic heterocycles. The minimum absolute atomic E-state index is 0.106. The van der Waals surface area contributed by atoms with E-state index in [4.69, 9.17) is 0 Å². The molecule has 3 aromatic carbocycles. The van der Waals surface area contributed by atoms with E-state index in [1.165, 1.54) is 24.3 Å². The highest BCUT2D eigenvalue weighted by atomic mass is 19.1. The predicted molar refractivity (Wildman–Crippen MR) is 128 cm³/mol. The SMILES string of the molecule is CCCCCc1c(F)cc(C#Cc2ccc(C#Cc3c(F)cc(CCC)cc3F)cc2)cc1F. The fraction of sp³-hybridized carbons (Fsp3) is 0.267. The van der Waals surface area contributed by atoms with Gasteiger partial charge in [0.05, 0.1) is 5.56 Å². The second-order valence-corrected chi connectivity index (χ2v) is 8.14. The maximum absolute atomic E-state index is 14.3. The van der Waals surface area contributed by atoms with Crippen LogP contribution in [0.15, 0.2) is 48.5 Å². The Kier molecular flexibility index (Phi) is 8.94. The molecule has 4 heteroatoms. The largest absolute Gasteiger partial charge is 0.207 e. The molecule has 0 heterocycles. The average molecular weight is 463 g/mol. The van der Waals surface area contributed by atoms with Crippen LogP contribution in [-0.2, 0) is 12.8 Å². The molecule has 174 valence electrons. The highest BCUT2D eigenvalue weighted by Crippen LogP contribution is 2.19. The van der Waals surface area contributed by atoms with Gasteiger partial charge in [-0.1, -0.05) is 56.8 Å². The molecule has 0 radical (unpaired) electrons. The molecule has 0 spiro atoms. The van der Waals surface area contributed by atoms with Crippen LogP contribution in [0.4, 0.5) is 17.6 Å². The third kappa shape index (κ3) is 6.75. The highest BCUT2D eigenvalue weighted by Gasteiger charge is 2.10. The van der Waals surface area contributed by atoms with Gasteiger partial charge in [0.25, 0.3) is 0 Å². The number of unbranched alkanes of at least 4 members (excludes halogenated alkanes) is 2. The maximum atomic E-state index is 14.3. The van der Waals surface area contributed by atoms with Gasteiger partial charge in [0.1, 0.15) is 23.3 Å².